The second-order valence-corrected chi connectivity index (χ2v) is 7.86. The van der Waals surface area contributed by atoms with Gasteiger partial charge < -0.3 is 14.8 Å². The van der Waals surface area contributed by atoms with Crippen LogP contribution in [0.1, 0.15) is 18.2 Å². The molecule has 0 aliphatic heterocycles. The van der Waals surface area contributed by atoms with Gasteiger partial charge in [-0.3, -0.25) is 14.0 Å². The molecule has 4 rings (SSSR count). The minimum absolute atomic E-state index is 0.103. The molecule has 1 N–H and O–H groups in total. The maximum Gasteiger partial charge on any atom is 0.265 e. The van der Waals surface area contributed by atoms with E-state index in [1.807, 2.05) is 37.3 Å². The summed E-state index contributed by atoms with van der Waals surface area (Å²) in [7, 11) is 0. The number of carbonyl (C=O) groups is 1. The molecule has 1 atom stereocenters. The van der Waals surface area contributed by atoms with Crippen molar-refractivity contribution in [3.8, 4) is 11.5 Å². The van der Waals surface area contributed by atoms with Crippen LogP contribution in [0.25, 0.3) is 4.96 Å². The van der Waals surface area contributed by atoms with Gasteiger partial charge in [0.05, 0.1) is 11.4 Å². The van der Waals surface area contributed by atoms with Gasteiger partial charge in [0.25, 0.3) is 11.5 Å². The van der Waals surface area contributed by atoms with Crippen molar-refractivity contribution in [2.75, 3.05) is 5.32 Å². The zero-order valence-electron chi connectivity index (χ0n) is 17.1. The number of carbonyl (C=O) groups excluding carboxylic acids is 1. The number of rotatable bonds is 7. The van der Waals surface area contributed by atoms with Crippen LogP contribution in [0.4, 0.5) is 5.69 Å². The first-order chi connectivity index (χ1) is 15.0. The van der Waals surface area contributed by atoms with Gasteiger partial charge in [0.2, 0.25) is 0 Å². The molecule has 0 radical (unpaired) electrons. The number of hydrogen-bond donors (Lipinski definition) is 1. The number of aromatic nitrogens is 2. The Morgan fingerprint density at radius 3 is 2.81 bits per heavy atom. The number of anilines is 1. The predicted octanol–water partition coefficient (Wildman–Crippen LogP) is 4.05. The Bertz CT molecular complexity index is 1270. The first-order valence-corrected chi connectivity index (χ1v) is 10.6. The third-order valence-electron chi connectivity index (χ3n) is 4.55. The van der Waals surface area contributed by atoms with Crippen LogP contribution in [0.2, 0.25) is 0 Å². The summed E-state index contributed by atoms with van der Waals surface area (Å²) < 4.78 is 13.1. The third kappa shape index (κ3) is 4.92. The number of hydrogen-bond acceptors (Lipinski definition) is 6. The zero-order chi connectivity index (χ0) is 21.8. The van der Waals surface area contributed by atoms with E-state index in [0.29, 0.717) is 27.8 Å². The van der Waals surface area contributed by atoms with Crippen LogP contribution in [0, 0.1) is 6.92 Å². The van der Waals surface area contributed by atoms with Crippen molar-refractivity contribution in [2.45, 2.75) is 26.6 Å². The predicted molar refractivity (Wildman–Crippen MR) is 120 cm³/mol. The molecule has 8 heteroatoms. The monoisotopic (exact) mass is 435 g/mol. The fourth-order valence-electron chi connectivity index (χ4n) is 2.97. The number of nitrogens with one attached hydrogen (secondary N) is 1. The normalized spacial score (nSPS) is 11.8. The summed E-state index contributed by atoms with van der Waals surface area (Å²) in [6, 6.07) is 16.1. The van der Waals surface area contributed by atoms with Crippen molar-refractivity contribution in [1.82, 2.24) is 9.38 Å². The van der Waals surface area contributed by atoms with Crippen molar-refractivity contribution >= 4 is 27.9 Å². The fraction of sp³-hybridized carbons (Fsp3) is 0.174. The summed E-state index contributed by atoms with van der Waals surface area (Å²) >= 11 is 1.38. The Balaban J connectivity index is 1.47. The molecule has 0 aliphatic carbocycles. The SMILES string of the molecule is Cc1ccc(OCc2cc(=O)n3ccsc3n2)c(NC(=O)C(C)Oc2ccccc2)c1. The van der Waals surface area contributed by atoms with Gasteiger partial charge in [0.15, 0.2) is 11.1 Å². The molecule has 2 heterocycles. The van der Waals surface area contributed by atoms with Crippen molar-refractivity contribution in [3.63, 3.8) is 0 Å². The van der Waals surface area contributed by atoms with E-state index < -0.39 is 6.10 Å². The van der Waals surface area contributed by atoms with Gasteiger partial charge in [-0.2, -0.15) is 0 Å². The second-order valence-electron chi connectivity index (χ2n) is 6.99. The van der Waals surface area contributed by atoms with Crippen LogP contribution in [0.5, 0.6) is 11.5 Å². The molecule has 4 aromatic rings. The van der Waals surface area contributed by atoms with Gasteiger partial charge in [-0.15, -0.1) is 11.3 Å². The Kier molecular flexibility index (Phi) is 5.99. The molecule has 1 amide bonds. The highest BCUT2D eigenvalue weighted by molar-refractivity contribution is 7.15. The van der Waals surface area contributed by atoms with E-state index >= 15 is 0 Å². The van der Waals surface area contributed by atoms with Gasteiger partial charge in [0.1, 0.15) is 18.1 Å². The molecule has 1 unspecified atom stereocenters. The minimum atomic E-state index is -0.696. The summed E-state index contributed by atoms with van der Waals surface area (Å²) in [6.45, 7) is 3.72. The van der Waals surface area contributed by atoms with Crippen LogP contribution in [-0.2, 0) is 11.4 Å². The van der Waals surface area contributed by atoms with E-state index in [1.54, 1.807) is 36.7 Å². The van der Waals surface area contributed by atoms with E-state index in [0.717, 1.165) is 5.56 Å². The lowest BCUT2D eigenvalue weighted by Crippen LogP contribution is -2.30. The molecule has 0 fully saturated rings. The largest absolute Gasteiger partial charge is 0.485 e. The Hall–Kier alpha value is -3.65. The molecule has 0 saturated heterocycles. The van der Waals surface area contributed by atoms with Crippen molar-refractivity contribution in [3.05, 3.63) is 87.8 Å². The highest BCUT2D eigenvalue weighted by atomic mass is 32.1. The van der Waals surface area contributed by atoms with E-state index in [-0.39, 0.29) is 18.1 Å². The average Bonchev–Trinajstić information content (AvgIpc) is 3.23. The van der Waals surface area contributed by atoms with E-state index in [4.69, 9.17) is 9.47 Å². The van der Waals surface area contributed by atoms with Gasteiger partial charge in [0, 0.05) is 17.6 Å². The number of fused-ring (bicyclic) bond motifs is 1. The van der Waals surface area contributed by atoms with Gasteiger partial charge >= 0.3 is 0 Å². The van der Waals surface area contributed by atoms with Gasteiger partial charge in [-0.05, 0) is 43.7 Å². The molecule has 2 aromatic carbocycles. The molecule has 0 aliphatic rings. The van der Waals surface area contributed by atoms with E-state index in [1.165, 1.54) is 21.8 Å². The standard InChI is InChI=1S/C23H21N3O4S/c1-15-8-9-20(29-14-17-13-21(27)26-10-11-31-23(26)24-17)19(12-15)25-22(28)16(2)30-18-6-4-3-5-7-18/h3-13,16H,14H2,1-2H3,(H,25,28). The first-order valence-electron chi connectivity index (χ1n) is 9.71. The topological polar surface area (TPSA) is 81.9 Å². The summed E-state index contributed by atoms with van der Waals surface area (Å²) in [6.07, 6.45) is 0.991. The van der Waals surface area contributed by atoms with Gasteiger partial charge in [-0.1, -0.05) is 24.3 Å². The summed E-state index contributed by atoms with van der Waals surface area (Å²) in [5.74, 6) is 0.807. The molecule has 0 bridgehead atoms. The summed E-state index contributed by atoms with van der Waals surface area (Å²) in [4.78, 5) is 29.9. The van der Waals surface area contributed by atoms with Crippen LogP contribution < -0.4 is 20.3 Å². The second kappa shape index (κ2) is 9.01. The molecule has 0 saturated carbocycles. The number of thiazole rings is 1. The molecule has 31 heavy (non-hydrogen) atoms. The Morgan fingerprint density at radius 2 is 2.00 bits per heavy atom. The van der Waals surface area contributed by atoms with E-state index in [2.05, 4.69) is 10.3 Å². The van der Waals surface area contributed by atoms with Crippen molar-refractivity contribution < 1.29 is 14.3 Å². The number of amides is 1. The summed E-state index contributed by atoms with van der Waals surface area (Å²) in [5.41, 5.74) is 1.86. The first kappa shape index (κ1) is 20.6. The zero-order valence-corrected chi connectivity index (χ0v) is 17.9. The average molecular weight is 436 g/mol. The maximum atomic E-state index is 12.7. The lowest BCUT2D eigenvalue weighted by molar-refractivity contribution is -0.122. The highest BCUT2D eigenvalue weighted by Crippen LogP contribution is 2.27. The van der Waals surface area contributed by atoms with Crippen molar-refractivity contribution in [1.29, 1.82) is 0 Å². The van der Waals surface area contributed by atoms with Crippen LogP contribution >= 0.6 is 11.3 Å². The lowest BCUT2D eigenvalue weighted by atomic mass is 10.2. The number of nitrogens with zero attached hydrogens (tertiary/aromatic N) is 2. The highest BCUT2D eigenvalue weighted by Gasteiger charge is 2.17. The Labute approximate surface area is 182 Å². The molecule has 158 valence electrons. The van der Waals surface area contributed by atoms with Crippen molar-refractivity contribution in [2.24, 2.45) is 0 Å². The number of benzene rings is 2. The summed E-state index contributed by atoms with van der Waals surface area (Å²) in [5, 5.41) is 4.68. The minimum Gasteiger partial charge on any atom is -0.485 e. The molecule has 0 spiro atoms. The smallest absolute Gasteiger partial charge is 0.265 e. The molecule has 7 nitrogen and oxygen atoms in total. The van der Waals surface area contributed by atoms with Gasteiger partial charge in [-0.25, -0.2) is 4.98 Å². The number of ether oxygens (including phenoxy) is 2. The lowest BCUT2D eigenvalue weighted by Gasteiger charge is -2.17. The van der Waals surface area contributed by atoms with Crippen LogP contribution in [0.15, 0.2) is 71.0 Å². The molecule has 2 aromatic heterocycles. The molecular formula is C23H21N3O4S. The fourth-order valence-corrected chi connectivity index (χ4v) is 3.71. The third-order valence-corrected chi connectivity index (χ3v) is 5.31. The number of para-hydroxylation sites is 1. The molecular weight excluding hydrogens is 414 g/mol. The van der Waals surface area contributed by atoms with Crippen LogP contribution in [-0.4, -0.2) is 21.4 Å². The number of aryl methyl sites for hydroxylation is 1. The van der Waals surface area contributed by atoms with E-state index in [9.17, 15) is 9.59 Å². The maximum absolute atomic E-state index is 12.7. The Morgan fingerprint density at radius 1 is 1.19 bits per heavy atom. The van der Waals surface area contributed by atoms with Crippen LogP contribution in [0.3, 0.4) is 0 Å². The quantitative estimate of drug-likeness (QED) is 0.474.